The summed E-state index contributed by atoms with van der Waals surface area (Å²) in [5.41, 5.74) is 1.24. The van der Waals surface area contributed by atoms with Gasteiger partial charge in [-0.15, -0.1) is 0 Å². The van der Waals surface area contributed by atoms with Crippen molar-refractivity contribution in [3.05, 3.63) is 46.0 Å². The fraction of sp³-hybridized carbons (Fsp3) is 0.591. The Morgan fingerprint density at radius 3 is 2.53 bits per heavy atom. The standard InChI is InChI=1S/C22H29BrN4O3/c1-14-24-21(25-26(14)2)16-5-9-18(10-6-16)27-12-20(22(28)29)30-13-19(27)11-15-3-7-17(23)8-4-15/h3-4,7-8,16,18-20H,5-6,9-13H2,1-2H3,(H,28,29)/t16?,18?,19-,20?/m1/s1. The average Bonchev–Trinajstić information content (AvgIpc) is 3.08. The Kier molecular flexibility index (Phi) is 6.55. The van der Waals surface area contributed by atoms with Crippen molar-refractivity contribution in [3.8, 4) is 0 Å². The first-order chi connectivity index (χ1) is 14.4. The molecule has 0 bridgehead atoms. The molecule has 1 aromatic heterocycles. The van der Waals surface area contributed by atoms with E-state index >= 15 is 0 Å². The van der Waals surface area contributed by atoms with E-state index in [4.69, 9.17) is 4.74 Å². The maximum absolute atomic E-state index is 11.6. The summed E-state index contributed by atoms with van der Waals surface area (Å²) in [4.78, 5) is 18.6. The number of aryl methyl sites for hydroxylation is 2. The highest BCUT2D eigenvalue weighted by Crippen LogP contribution is 2.35. The Morgan fingerprint density at radius 2 is 1.93 bits per heavy atom. The van der Waals surface area contributed by atoms with Crippen molar-refractivity contribution in [2.45, 2.75) is 63.1 Å². The van der Waals surface area contributed by atoms with Gasteiger partial charge in [0.1, 0.15) is 5.82 Å². The first-order valence-electron chi connectivity index (χ1n) is 10.6. The van der Waals surface area contributed by atoms with E-state index in [1.807, 2.05) is 18.7 Å². The van der Waals surface area contributed by atoms with Crippen LogP contribution in [-0.2, 0) is 23.0 Å². The predicted molar refractivity (Wildman–Crippen MR) is 116 cm³/mol. The third-order valence-electron chi connectivity index (χ3n) is 6.52. The molecule has 7 nitrogen and oxygen atoms in total. The third kappa shape index (κ3) is 4.76. The summed E-state index contributed by atoms with van der Waals surface area (Å²) < 4.78 is 8.61. The molecule has 2 aromatic rings. The lowest BCUT2D eigenvalue weighted by molar-refractivity contribution is -0.162. The number of benzene rings is 1. The molecular weight excluding hydrogens is 448 g/mol. The van der Waals surface area contributed by atoms with Crippen LogP contribution in [0.4, 0.5) is 0 Å². The molecule has 2 fully saturated rings. The number of halogens is 1. The first kappa shape index (κ1) is 21.5. The minimum absolute atomic E-state index is 0.193. The van der Waals surface area contributed by atoms with Crippen LogP contribution >= 0.6 is 15.9 Å². The van der Waals surface area contributed by atoms with Gasteiger partial charge in [0.2, 0.25) is 0 Å². The van der Waals surface area contributed by atoms with Crippen LogP contribution in [0.1, 0.15) is 48.8 Å². The molecule has 0 radical (unpaired) electrons. The SMILES string of the molecule is Cc1nc(C2CCC(N3CC(C(=O)O)OC[C@H]3Cc3ccc(Br)cc3)CC2)nn1C. The topological polar surface area (TPSA) is 80.5 Å². The van der Waals surface area contributed by atoms with Crippen LogP contribution in [0.5, 0.6) is 0 Å². The lowest BCUT2D eigenvalue weighted by Gasteiger charge is -2.45. The van der Waals surface area contributed by atoms with E-state index in [9.17, 15) is 9.90 Å². The highest BCUT2D eigenvalue weighted by atomic mass is 79.9. The average molecular weight is 477 g/mol. The van der Waals surface area contributed by atoms with Crippen LogP contribution in [0.2, 0.25) is 0 Å². The Labute approximate surface area is 185 Å². The maximum Gasteiger partial charge on any atom is 0.334 e. The van der Waals surface area contributed by atoms with E-state index in [-0.39, 0.29) is 6.04 Å². The Bertz CT molecular complexity index is 858. The van der Waals surface area contributed by atoms with Gasteiger partial charge in [-0.25, -0.2) is 9.78 Å². The zero-order chi connectivity index (χ0) is 21.3. The number of nitrogens with zero attached hydrogens (tertiary/aromatic N) is 4. The molecule has 2 aliphatic rings. The van der Waals surface area contributed by atoms with Gasteiger partial charge in [-0.05, 0) is 56.7 Å². The minimum Gasteiger partial charge on any atom is -0.479 e. The molecule has 2 heterocycles. The molecule has 4 rings (SSSR count). The van der Waals surface area contributed by atoms with Crippen LogP contribution in [0.15, 0.2) is 28.7 Å². The monoisotopic (exact) mass is 476 g/mol. The highest BCUT2D eigenvalue weighted by Gasteiger charge is 2.38. The predicted octanol–water partition coefficient (Wildman–Crippen LogP) is 3.31. The van der Waals surface area contributed by atoms with Crippen LogP contribution < -0.4 is 0 Å². The van der Waals surface area contributed by atoms with Gasteiger partial charge >= 0.3 is 5.97 Å². The van der Waals surface area contributed by atoms with Crippen LogP contribution in [0.3, 0.4) is 0 Å². The number of hydrogen-bond donors (Lipinski definition) is 1. The Hall–Kier alpha value is -1.77. The number of carbonyl (C=O) groups is 1. The van der Waals surface area contributed by atoms with E-state index < -0.39 is 12.1 Å². The van der Waals surface area contributed by atoms with Crippen molar-refractivity contribution >= 4 is 21.9 Å². The number of aliphatic carboxylic acids is 1. The summed E-state index contributed by atoms with van der Waals surface area (Å²) in [7, 11) is 1.93. The van der Waals surface area contributed by atoms with Gasteiger partial charge in [-0.3, -0.25) is 9.58 Å². The maximum atomic E-state index is 11.6. The third-order valence-corrected chi connectivity index (χ3v) is 7.05. The quantitative estimate of drug-likeness (QED) is 0.712. The van der Waals surface area contributed by atoms with E-state index in [0.717, 1.165) is 48.2 Å². The number of carboxylic acids is 1. The summed E-state index contributed by atoms with van der Waals surface area (Å²) in [6, 6.07) is 8.91. The lowest BCUT2D eigenvalue weighted by Crippen LogP contribution is -2.57. The van der Waals surface area contributed by atoms with E-state index in [1.54, 1.807) is 0 Å². The van der Waals surface area contributed by atoms with Crippen molar-refractivity contribution in [2.24, 2.45) is 7.05 Å². The van der Waals surface area contributed by atoms with Gasteiger partial charge in [0.05, 0.1) is 6.61 Å². The van der Waals surface area contributed by atoms with Gasteiger partial charge < -0.3 is 9.84 Å². The largest absolute Gasteiger partial charge is 0.479 e. The Morgan fingerprint density at radius 1 is 1.23 bits per heavy atom. The molecule has 1 saturated heterocycles. The van der Waals surface area contributed by atoms with Crippen molar-refractivity contribution < 1.29 is 14.6 Å². The Balaban J connectivity index is 1.45. The number of aromatic nitrogens is 3. The first-order valence-corrected chi connectivity index (χ1v) is 11.4. The van der Waals surface area contributed by atoms with Crippen LogP contribution in [0, 0.1) is 6.92 Å². The molecule has 2 atom stereocenters. The molecule has 1 aliphatic heterocycles. The van der Waals surface area contributed by atoms with Crippen LogP contribution in [0.25, 0.3) is 0 Å². The molecule has 0 amide bonds. The zero-order valence-corrected chi connectivity index (χ0v) is 19.1. The minimum atomic E-state index is -0.871. The highest BCUT2D eigenvalue weighted by molar-refractivity contribution is 9.10. The molecule has 30 heavy (non-hydrogen) atoms. The zero-order valence-electron chi connectivity index (χ0n) is 17.5. The second-order valence-corrected chi connectivity index (χ2v) is 9.40. The van der Waals surface area contributed by atoms with Crippen molar-refractivity contribution in [3.63, 3.8) is 0 Å². The molecule has 1 unspecified atom stereocenters. The summed E-state index contributed by atoms with van der Waals surface area (Å²) >= 11 is 3.49. The summed E-state index contributed by atoms with van der Waals surface area (Å²) in [6.45, 7) is 2.88. The van der Waals surface area contributed by atoms with Crippen molar-refractivity contribution in [2.75, 3.05) is 13.2 Å². The summed E-state index contributed by atoms with van der Waals surface area (Å²) in [5, 5.41) is 14.1. The second kappa shape index (κ2) is 9.16. The second-order valence-electron chi connectivity index (χ2n) is 8.49. The summed E-state index contributed by atoms with van der Waals surface area (Å²) in [6.07, 6.45) is 4.25. The molecule has 1 aliphatic carbocycles. The fourth-order valence-corrected chi connectivity index (χ4v) is 4.97. The molecule has 1 N–H and O–H groups in total. The lowest BCUT2D eigenvalue weighted by atomic mass is 9.83. The number of morpholine rings is 1. The van der Waals surface area contributed by atoms with Crippen LogP contribution in [-0.4, -0.2) is 62.1 Å². The van der Waals surface area contributed by atoms with E-state index in [1.165, 1.54) is 5.56 Å². The molecule has 1 saturated carbocycles. The normalized spacial score (nSPS) is 27.8. The van der Waals surface area contributed by atoms with Gasteiger partial charge in [0, 0.05) is 36.1 Å². The number of hydrogen-bond acceptors (Lipinski definition) is 5. The van der Waals surface area contributed by atoms with Crippen molar-refractivity contribution in [1.82, 2.24) is 19.7 Å². The molecular formula is C22H29BrN4O3. The number of ether oxygens (including phenoxy) is 1. The fourth-order valence-electron chi connectivity index (χ4n) is 4.71. The van der Waals surface area contributed by atoms with E-state index in [2.05, 4.69) is 55.2 Å². The van der Waals surface area contributed by atoms with E-state index in [0.29, 0.717) is 25.1 Å². The van der Waals surface area contributed by atoms with Crippen molar-refractivity contribution in [1.29, 1.82) is 0 Å². The molecule has 162 valence electrons. The summed E-state index contributed by atoms with van der Waals surface area (Å²) in [5.74, 6) is 1.41. The van der Waals surface area contributed by atoms with Gasteiger partial charge in [0.25, 0.3) is 0 Å². The number of carboxylic acid groups (broad SMARTS) is 1. The molecule has 8 heteroatoms. The van der Waals surface area contributed by atoms with Gasteiger partial charge in [0.15, 0.2) is 11.9 Å². The number of rotatable bonds is 5. The molecule has 0 spiro atoms. The van der Waals surface area contributed by atoms with Gasteiger partial charge in [-0.1, -0.05) is 28.1 Å². The smallest absolute Gasteiger partial charge is 0.334 e. The van der Waals surface area contributed by atoms with Gasteiger partial charge in [-0.2, -0.15) is 5.10 Å². The molecule has 1 aromatic carbocycles.